The van der Waals surface area contributed by atoms with Crippen LogP contribution in [0.2, 0.25) is 0 Å². The van der Waals surface area contributed by atoms with Gasteiger partial charge in [-0.1, -0.05) is 34.6 Å². The van der Waals surface area contributed by atoms with Crippen molar-refractivity contribution in [3.05, 3.63) is 11.9 Å². The van der Waals surface area contributed by atoms with Crippen LogP contribution in [-0.4, -0.2) is 23.1 Å². The lowest BCUT2D eigenvalue weighted by molar-refractivity contribution is 0.234. The van der Waals surface area contributed by atoms with Gasteiger partial charge in [0.25, 0.3) is 0 Å². The number of hydrogen-bond acceptors (Lipinski definition) is 4. The molecule has 1 N–H and O–H groups in total. The molecule has 0 aliphatic carbocycles. The number of hydrogen-bond donors (Lipinski definition) is 1. The molecule has 0 aliphatic heterocycles. The molecule has 19 heavy (non-hydrogen) atoms. The molecule has 0 spiro atoms. The fourth-order valence-electron chi connectivity index (χ4n) is 1.69. The van der Waals surface area contributed by atoms with Gasteiger partial charge in [-0.25, -0.2) is 9.97 Å². The van der Waals surface area contributed by atoms with E-state index in [9.17, 15) is 0 Å². The van der Waals surface area contributed by atoms with Crippen LogP contribution in [0.3, 0.4) is 0 Å². The molecule has 0 unspecified atom stereocenters. The molecule has 1 aromatic heterocycles. The zero-order valence-corrected chi connectivity index (χ0v) is 12.9. The third kappa shape index (κ3) is 5.45. The SMILES string of the molecule is CCCNc1ncnc(OCCC(C)(C)C)c1CC. The van der Waals surface area contributed by atoms with Crippen molar-refractivity contribution >= 4 is 5.82 Å². The molecule has 0 atom stereocenters. The normalized spacial score (nSPS) is 11.4. The van der Waals surface area contributed by atoms with Crippen LogP contribution < -0.4 is 10.1 Å². The summed E-state index contributed by atoms with van der Waals surface area (Å²) in [5.41, 5.74) is 1.35. The molecule has 0 saturated heterocycles. The first-order valence-corrected chi connectivity index (χ1v) is 7.18. The second-order valence-corrected chi connectivity index (χ2v) is 5.95. The van der Waals surface area contributed by atoms with Crippen LogP contribution >= 0.6 is 0 Å². The summed E-state index contributed by atoms with van der Waals surface area (Å²) in [5.74, 6) is 1.63. The minimum absolute atomic E-state index is 0.280. The lowest BCUT2D eigenvalue weighted by atomic mass is 9.93. The molecule has 1 heterocycles. The maximum atomic E-state index is 5.83. The number of aromatic nitrogens is 2. The Labute approximate surface area is 117 Å². The molecule has 0 radical (unpaired) electrons. The standard InChI is InChI=1S/C15H27N3O/c1-6-9-16-13-12(7-2)14(18-11-17-13)19-10-8-15(3,4)5/h11H,6-10H2,1-5H3,(H,16,17,18). The molecule has 1 aromatic rings. The summed E-state index contributed by atoms with van der Waals surface area (Å²) in [6.45, 7) is 12.5. The number of rotatable bonds is 7. The minimum Gasteiger partial charge on any atom is -0.477 e. The average Bonchev–Trinajstić information content (AvgIpc) is 2.34. The van der Waals surface area contributed by atoms with E-state index in [4.69, 9.17) is 4.74 Å². The lowest BCUT2D eigenvalue weighted by Crippen LogP contribution is -2.13. The Morgan fingerprint density at radius 2 is 1.95 bits per heavy atom. The Kier molecular flexibility index (Phi) is 6.06. The van der Waals surface area contributed by atoms with E-state index in [1.54, 1.807) is 6.33 Å². The predicted molar refractivity (Wildman–Crippen MR) is 79.8 cm³/mol. The minimum atomic E-state index is 0.280. The molecule has 0 fully saturated rings. The third-order valence-electron chi connectivity index (χ3n) is 2.89. The van der Waals surface area contributed by atoms with Crippen LogP contribution in [0.5, 0.6) is 5.88 Å². The van der Waals surface area contributed by atoms with Crippen molar-refractivity contribution in [3.63, 3.8) is 0 Å². The highest BCUT2D eigenvalue weighted by Crippen LogP contribution is 2.24. The van der Waals surface area contributed by atoms with Crippen molar-refractivity contribution in [2.75, 3.05) is 18.5 Å². The topological polar surface area (TPSA) is 47.0 Å². The molecule has 108 valence electrons. The van der Waals surface area contributed by atoms with Crippen molar-refractivity contribution in [2.45, 2.75) is 53.9 Å². The van der Waals surface area contributed by atoms with E-state index in [2.05, 4.69) is 49.9 Å². The monoisotopic (exact) mass is 265 g/mol. The van der Waals surface area contributed by atoms with Crippen molar-refractivity contribution in [1.82, 2.24) is 9.97 Å². The van der Waals surface area contributed by atoms with E-state index >= 15 is 0 Å². The fraction of sp³-hybridized carbons (Fsp3) is 0.733. The van der Waals surface area contributed by atoms with Crippen molar-refractivity contribution < 1.29 is 4.74 Å². The number of anilines is 1. The number of nitrogens with zero attached hydrogens (tertiary/aromatic N) is 2. The van der Waals surface area contributed by atoms with Crippen LogP contribution in [0, 0.1) is 5.41 Å². The predicted octanol–water partition coefficient (Wildman–Crippen LogP) is 3.68. The summed E-state index contributed by atoms with van der Waals surface area (Å²) in [6, 6.07) is 0. The Balaban J connectivity index is 2.71. The van der Waals surface area contributed by atoms with E-state index < -0.39 is 0 Å². The molecule has 0 amide bonds. The first-order chi connectivity index (χ1) is 8.98. The van der Waals surface area contributed by atoms with Gasteiger partial charge >= 0.3 is 0 Å². The van der Waals surface area contributed by atoms with E-state index in [1.165, 1.54) is 0 Å². The first kappa shape index (κ1) is 15.7. The highest BCUT2D eigenvalue weighted by molar-refractivity contribution is 5.48. The third-order valence-corrected chi connectivity index (χ3v) is 2.89. The van der Waals surface area contributed by atoms with Gasteiger partial charge in [0, 0.05) is 6.54 Å². The van der Waals surface area contributed by atoms with Gasteiger partial charge in [-0.3, -0.25) is 0 Å². The van der Waals surface area contributed by atoms with Crippen LogP contribution in [-0.2, 0) is 6.42 Å². The Bertz CT molecular complexity index is 385. The number of ether oxygens (including phenoxy) is 1. The van der Waals surface area contributed by atoms with Crippen LogP contribution in [0.4, 0.5) is 5.82 Å². The van der Waals surface area contributed by atoms with Crippen LogP contribution in [0.15, 0.2) is 6.33 Å². The summed E-state index contributed by atoms with van der Waals surface area (Å²) in [4.78, 5) is 8.57. The van der Waals surface area contributed by atoms with Gasteiger partial charge < -0.3 is 10.1 Å². The van der Waals surface area contributed by atoms with E-state index in [0.29, 0.717) is 6.61 Å². The van der Waals surface area contributed by atoms with Gasteiger partial charge in [-0.05, 0) is 24.7 Å². The van der Waals surface area contributed by atoms with Gasteiger partial charge in [0.05, 0.1) is 12.2 Å². The van der Waals surface area contributed by atoms with E-state index in [0.717, 1.165) is 43.1 Å². The Morgan fingerprint density at radius 1 is 1.21 bits per heavy atom. The summed E-state index contributed by atoms with van der Waals surface area (Å²) in [5, 5.41) is 3.33. The molecule has 4 nitrogen and oxygen atoms in total. The summed E-state index contributed by atoms with van der Waals surface area (Å²) in [7, 11) is 0. The van der Waals surface area contributed by atoms with E-state index in [1.807, 2.05) is 0 Å². The van der Waals surface area contributed by atoms with Gasteiger partial charge in [-0.2, -0.15) is 0 Å². The molecule has 4 heteroatoms. The molecular formula is C15H27N3O. The first-order valence-electron chi connectivity index (χ1n) is 7.18. The molecule has 1 rings (SSSR count). The van der Waals surface area contributed by atoms with Crippen molar-refractivity contribution in [3.8, 4) is 5.88 Å². The maximum Gasteiger partial charge on any atom is 0.221 e. The maximum absolute atomic E-state index is 5.83. The van der Waals surface area contributed by atoms with E-state index in [-0.39, 0.29) is 5.41 Å². The van der Waals surface area contributed by atoms with Crippen LogP contribution in [0.1, 0.15) is 53.0 Å². The average molecular weight is 265 g/mol. The molecule has 0 aromatic carbocycles. The molecular weight excluding hydrogens is 238 g/mol. The fourth-order valence-corrected chi connectivity index (χ4v) is 1.69. The quantitative estimate of drug-likeness (QED) is 0.817. The zero-order valence-electron chi connectivity index (χ0n) is 12.9. The Morgan fingerprint density at radius 3 is 2.53 bits per heavy atom. The molecule has 0 aliphatic rings. The Hall–Kier alpha value is -1.32. The highest BCUT2D eigenvalue weighted by atomic mass is 16.5. The van der Waals surface area contributed by atoms with Gasteiger partial charge in [0.15, 0.2) is 0 Å². The zero-order chi connectivity index (χ0) is 14.3. The summed E-state index contributed by atoms with van der Waals surface area (Å²) < 4.78 is 5.83. The molecule has 0 bridgehead atoms. The second kappa shape index (κ2) is 7.31. The number of nitrogens with one attached hydrogen (secondary N) is 1. The summed E-state index contributed by atoms with van der Waals surface area (Å²) >= 11 is 0. The molecule has 0 saturated carbocycles. The van der Waals surface area contributed by atoms with Crippen molar-refractivity contribution in [2.24, 2.45) is 5.41 Å². The smallest absolute Gasteiger partial charge is 0.221 e. The van der Waals surface area contributed by atoms with Gasteiger partial charge in [0.1, 0.15) is 12.1 Å². The van der Waals surface area contributed by atoms with Gasteiger partial charge in [-0.15, -0.1) is 0 Å². The second-order valence-electron chi connectivity index (χ2n) is 5.95. The lowest BCUT2D eigenvalue weighted by Gasteiger charge is -2.19. The van der Waals surface area contributed by atoms with Crippen molar-refractivity contribution in [1.29, 1.82) is 0 Å². The highest BCUT2D eigenvalue weighted by Gasteiger charge is 2.13. The summed E-state index contributed by atoms with van der Waals surface area (Å²) in [6.07, 6.45) is 4.53. The van der Waals surface area contributed by atoms with Crippen LogP contribution in [0.25, 0.3) is 0 Å². The largest absolute Gasteiger partial charge is 0.477 e. The van der Waals surface area contributed by atoms with Gasteiger partial charge in [0.2, 0.25) is 5.88 Å².